The maximum Gasteiger partial charge on any atom is 0.145 e. The van der Waals surface area contributed by atoms with E-state index in [0.717, 1.165) is 17.4 Å². The topological polar surface area (TPSA) is 17.1 Å². The van der Waals surface area contributed by atoms with Gasteiger partial charge in [0.1, 0.15) is 6.29 Å². The van der Waals surface area contributed by atoms with Crippen molar-refractivity contribution in [2.45, 2.75) is 86.0 Å². The average Bonchev–Trinajstić information content (AvgIpc) is 2.75. The van der Waals surface area contributed by atoms with E-state index in [-0.39, 0.29) is 0 Å². The Morgan fingerprint density at radius 3 is 1.55 bits per heavy atom. The standard InChI is InChI=1S/C30H44O/c1-6-7-8-9-10-11-12-13-14-19-27(2)22-17-23-28(3)20-15-16-21-29(4)24-18-25-30(5)26-31/h14-26H,6-13H2,1-5H3/b16-15+,19-14+,23-17+,24-18+,27-22+,28-20+,29-21+,30-25+. The van der Waals surface area contributed by atoms with E-state index in [0.29, 0.717) is 0 Å². The third-order valence-electron chi connectivity index (χ3n) is 4.81. The van der Waals surface area contributed by atoms with Crippen molar-refractivity contribution in [2.75, 3.05) is 0 Å². The number of carbonyl (C=O) groups is 1. The molecular formula is C30H44O. The molecule has 1 heteroatoms. The molecule has 0 aliphatic heterocycles. The first kappa shape index (κ1) is 28.6. The summed E-state index contributed by atoms with van der Waals surface area (Å²) in [6, 6.07) is 0. The van der Waals surface area contributed by atoms with E-state index in [1.807, 2.05) is 43.4 Å². The van der Waals surface area contributed by atoms with E-state index in [2.05, 4.69) is 57.2 Å². The molecule has 0 unspecified atom stereocenters. The van der Waals surface area contributed by atoms with Gasteiger partial charge in [0.25, 0.3) is 0 Å². The number of allylic oxidation sites excluding steroid dienone is 16. The smallest absolute Gasteiger partial charge is 0.145 e. The van der Waals surface area contributed by atoms with Gasteiger partial charge in [0, 0.05) is 0 Å². The van der Waals surface area contributed by atoms with E-state index < -0.39 is 0 Å². The average molecular weight is 421 g/mol. The number of unbranched alkanes of at least 4 members (excludes halogenated alkanes) is 7. The molecule has 31 heavy (non-hydrogen) atoms. The molecule has 0 aromatic heterocycles. The predicted octanol–water partition coefficient (Wildman–Crippen LogP) is 9.34. The zero-order chi connectivity index (χ0) is 23.2. The molecule has 0 radical (unpaired) electrons. The van der Waals surface area contributed by atoms with Crippen molar-refractivity contribution in [1.82, 2.24) is 0 Å². The van der Waals surface area contributed by atoms with Crippen molar-refractivity contribution < 1.29 is 4.79 Å². The minimum atomic E-state index is 0.720. The fraction of sp³-hybridized carbons (Fsp3) is 0.433. The summed E-state index contributed by atoms with van der Waals surface area (Å²) < 4.78 is 0. The number of carbonyl (C=O) groups excluding carboxylic acids is 1. The summed E-state index contributed by atoms with van der Waals surface area (Å²) in [7, 11) is 0. The molecule has 0 amide bonds. The SMILES string of the molecule is CCCCCCCCC/C=C/C(C)=C/C=C/C(C)=C/C=C/C=C(C)/C=C/C=C(\C)C=O. The normalized spacial score (nSPS) is 14.7. The van der Waals surface area contributed by atoms with Crippen LogP contribution in [0.2, 0.25) is 0 Å². The Balaban J connectivity index is 4.25. The van der Waals surface area contributed by atoms with Crippen molar-refractivity contribution in [1.29, 1.82) is 0 Å². The van der Waals surface area contributed by atoms with Gasteiger partial charge in [0.05, 0.1) is 0 Å². The third-order valence-corrected chi connectivity index (χ3v) is 4.81. The molecule has 0 saturated carbocycles. The molecule has 0 fully saturated rings. The van der Waals surface area contributed by atoms with Gasteiger partial charge in [-0.1, -0.05) is 135 Å². The van der Waals surface area contributed by atoms with Crippen LogP contribution in [0.25, 0.3) is 0 Å². The first-order valence-electron chi connectivity index (χ1n) is 11.8. The zero-order valence-corrected chi connectivity index (χ0v) is 20.6. The van der Waals surface area contributed by atoms with Gasteiger partial charge < -0.3 is 0 Å². The molecule has 0 bridgehead atoms. The van der Waals surface area contributed by atoms with Crippen LogP contribution in [-0.2, 0) is 4.79 Å². The van der Waals surface area contributed by atoms with Gasteiger partial charge in [-0.3, -0.25) is 4.79 Å². The van der Waals surface area contributed by atoms with Crippen molar-refractivity contribution in [3.63, 3.8) is 0 Å². The summed E-state index contributed by atoms with van der Waals surface area (Å²) >= 11 is 0. The molecule has 0 rings (SSSR count). The van der Waals surface area contributed by atoms with Gasteiger partial charge in [-0.05, 0) is 46.1 Å². The van der Waals surface area contributed by atoms with Crippen LogP contribution >= 0.6 is 0 Å². The Hall–Kier alpha value is -2.41. The lowest BCUT2D eigenvalue weighted by Gasteiger charge is -1.98. The van der Waals surface area contributed by atoms with E-state index in [1.165, 1.54) is 62.5 Å². The van der Waals surface area contributed by atoms with Crippen molar-refractivity contribution in [3.05, 3.63) is 95.2 Å². The maximum atomic E-state index is 10.5. The number of rotatable bonds is 16. The second-order valence-corrected chi connectivity index (χ2v) is 8.18. The van der Waals surface area contributed by atoms with E-state index in [9.17, 15) is 4.79 Å². The van der Waals surface area contributed by atoms with E-state index in [4.69, 9.17) is 0 Å². The zero-order valence-electron chi connectivity index (χ0n) is 20.6. The van der Waals surface area contributed by atoms with Gasteiger partial charge in [0.15, 0.2) is 0 Å². The quantitative estimate of drug-likeness (QED) is 0.105. The first-order chi connectivity index (χ1) is 15.0. The summed E-state index contributed by atoms with van der Waals surface area (Å²) in [4.78, 5) is 10.5. The Morgan fingerprint density at radius 1 is 0.548 bits per heavy atom. The summed E-state index contributed by atoms with van der Waals surface area (Å²) in [5.41, 5.74) is 4.35. The fourth-order valence-corrected chi connectivity index (χ4v) is 2.81. The molecule has 0 aromatic rings. The fourth-order valence-electron chi connectivity index (χ4n) is 2.81. The second-order valence-electron chi connectivity index (χ2n) is 8.18. The Kier molecular flexibility index (Phi) is 19.2. The van der Waals surface area contributed by atoms with Crippen LogP contribution in [0.15, 0.2) is 95.2 Å². The van der Waals surface area contributed by atoms with E-state index >= 15 is 0 Å². The Bertz CT molecular complexity index is 718. The molecule has 0 aliphatic rings. The highest BCUT2D eigenvalue weighted by atomic mass is 16.1. The molecule has 0 heterocycles. The molecule has 0 N–H and O–H groups in total. The highest BCUT2D eigenvalue weighted by molar-refractivity contribution is 5.72. The van der Waals surface area contributed by atoms with Gasteiger partial charge in [-0.15, -0.1) is 0 Å². The van der Waals surface area contributed by atoms with Crippen molar-refractivity contribution in [3.8, 4) is 0 Å². The second kappa shape index (κ2) is 20.8. The first-order valence-corrected chi connectivity index (χ1v) is 11.8. The predicted molar refractivity (Wildman–Crippen MR) is 140 cm³/mol. The number of hydrogen-bond acceptors (Lipinski definition) is 1. The summed E-state index contributed by atoms with van der Waals surface area (Å²) in [6.45, 7) is 10.4. The summed E-state index contributed by atoms with van der Waals surface area (Å²) in [5, 5.41) is 0. The highest BCUT2D eigenvalue weighted by Gasteiger charge is 1.89. The molecule has 1 nitrogen and oxygen atoms in total. The number of aldehydes is 1. The minimum Gasteiger partial charge on any atom is -0.298 e. The van der Waals surface area contributed by atoms with Crippen LogP contribution in [0.1, 0.15) is 86.0 Å². The van der Waals surface area contributed by atoms with E-state index in [1.54, 1.807) is 6.92 Å². The van der Waals surface area contributed by atoms with Crippen LogP contribution in [0, 0.1) is 0 Å². The monoisotopic (exact) mass is 420 g/mol. The largest absolute Gasteiger partial charge is 0.298 e. The van der Waals surface area contributed by atoms with Gasteiger partial charge >= 0.3 is 0 Å². The molecule has 0 aromatic carbocycles. The molecule has 0 atom stereocenters. The van der Waals surface area contributed by atoms with Crippen molar-refractivity contribution in [2.24, 2.45) is 0 Å². The van der Waals surface area contributed by atoms with Crippen LogP contribution < -0.4 is 0 Å². The molecule has 0 aliphatic carbocycles. The van der Waals surface area contributed by atoms with Crippen LogP contribution in [0.3, 0.4) is 0 Å². The molecule has 0 spiro atoms. The van der Waals surface area contributed by atoms with Gasteiger partial charge in [0.2, 0.25) is 0 Å². The summed E-state index contributed by atoms with van der Waals surface area (Å²) in [5.74, 6) is 0. The van der Waals surface area contributed by atoms with Gasteiger partial charge in [-0.2, -0.15) is 0 Å². The van der Waals surface area contributed by atoms with Crippen molar-refractivity contribution >= 4 is 6.29 Å². The molecule has 170 valence electrons. The lowest BCUT2D eigenvalue weighted by molar-refractivity contribution is -0.104. The van der Waals surface area contributed by atoms with Crippen LogP contribution in [0.5, 0.6) is 0 Å². The Morgan fingerprint density at radius 2 is 1.00 bits per heavy atom. The number of hydrogen-bond donors (Lipinski definition) is 0. The maximum absolute atomic E-state index is 10.5. The third kappa shape index (κ3) is 20.6. The lowest BCUT2D eigenvalue weighted by atomic mass is 10.1. The lowest BCUT2D eigenvalue weighted by Crippen LogP contribution is -1.79. The Labute approximate surface area is 192 Å². The van der Waals surface area contributed by atoms with Gasteiger partial charge in [-0.25, -0.2) is 0 Å². The highest BCUT2D eigenvalue weighted by Crippen LogP contribution is 2.09. The van der Waals surface area contributed by atoms with Crippen LogP contribution in [-0.4, -0.2) is 6.29 Å². The minimum absolute atomic E-state index is 0.720. The molecular weight excluding hydrogens is 376 g/mol. The summed E-state index contributed by atoms with van der Waals surface area (Å²) in [6.07, 6.45) is 36.4. The van der Waals surface area contributed by atoms with Crippen LogP contribution in [0.4, 0.5) is 0 Å². The molecule has 0 saturated heterocycles.